The Balaban J connectivity index is 1.79. The van der Waals surface area contributed by atoms with E-state index in [4.69, 9.17) is 5.11 Å². The van der Waals surface area contributed by atoms with E-state index >= 15 is 0 Å². The zero-order chi connectivity index (χ0) is 22.4. The van der Waals surface area contributed by atoms with Crippen molar-refractivity contribution >= 4 is 33.3 Å². The second-order valence-electron chi connectivity index (χ2n) is 7.01. The maximum atomic E-state index is 12.8. The van der Waals surface area contributed by atoms with Crippen LogP contribution in [0, 0.1) is 6.92 Å². The Kier molecular flexibility index (Phi) is 6.71. The summed E-state index contributed by atoms with van der Waals surface area (Å²) in [5.41, 5.74) is 2.66. The maximum absolute atomic E-state index is 12.8. The van der Waals surface area contributed by atoms with E-state index in [9.17, 15) is 18.0 Å². The zero-order valence-electron chi connectivity index (χ0n) is 16.8. The summed E-state index contributed by atoms with van der Waals surface area (Å²) in [6, 6.07) is 19.6. The molecule has 7 nitrogen and oxygen atoms in total. The minimum absolute atomic E-state index is 0.0143. The van der Waals surface area contributed by atoms with Crippen LogP contribution in [0.1, 0.15) is 27.9 Å². The predicted molar refractivity (Wildman–Crippen MR) is 119 cm³/mol. The number of carboxylic acid groups (broad SMARTS) is 1. The summed E-state index contributed by atoms with van der Waals surface area (Å²) in [5, 5.41) is 11.5. The lowest BCUT2D eigenvalue weighted by molar-refractivity contribution is -0.136. The number of carbonyl (C=O) groups is 2. The fourth-order valence-electron chi connectivity index (χ4n) is 2.98. The van der Waals surface area contributed by atoms with Crippen LogP contribution in [0.15, 0.2) is 77.7 Å². The third kappa shape index (κ3) is 5.93. The summed E-state index contributed by atoms with van der Waals surface area (Å²) in [4.78, 5) is 23.4. The molecule has 0 saturated heterocycles. The molecule has 0 spiro atoms. The van der Waals surface area contributed by atoms with E-state index in [0.29, 0.717) is 12.1 Å². The lowest BCUT2D eigenvalue weighted by Gasteiger charge is -2.13. The predicted octanol–water partition coefficient (Wildman–Crippen LogP) is 4.07. The molecule has 1 amide bonds. The smallest absolute Gasteiger partial charge is 0.303 e. The molecule has 3 N–H and O–H groups in total. The highest BCUT2D eigenvalue weighted by atomic mass is 32.2. The van der Waals surface area contributed by atoms with Crippen LogP contribution < -0.4 is 10.0 Å². The van der Waals surface area contributed by atoms with Crippen LogP contribution in [0.3, 0.4) is 0 Å². The number of carboxylic acids is 1. The number of hydrogen-bond acceptors (Lipinski definition) is 4. The van der Waals surface area contributed by atoms with Gasteiger partial charge in [0.05, 0.1) is 16.1 Å². The Morgan fingerprint density at radius 2 is 1.65 bits per heavy atom. The summed E-state index contributed by atoms with van der Waals surface area (Å²) >= 11 is 0. The standard InChI is InChI=1S/C23H22N2O5S/c1-16-5-4-6-18(15-16)24-23(28)20-7-2-3-8-21(20)25-31(29,30)19-12-9-17(10-13-19)11-14-22(26)27/h2-10,12-13,15,25H,11,14H2,1H3,(H,24,28)(H,26,27). The fraction of sp³-hybridized carbons (Fsp3) is 0.130. The molecule has 0 aliphatic heterocycles. The topological polar surface area (TPSA) is 113 Å². The molecular formula is C23H22N2O5S. The first-order valence-electron chi connectivity index (χ1n) is 9.55. The van der Waals surface area contributed by atoms with Crippen LogP contribution >= 0.6 is 0 Å². The number of aliphatic carboxylic acids is 1. The Labute approximate surface area is 180 Å². The van der Waals surface area contributed by atoms with Gasteiger partial charge in [0.2, 0.25) is 0 Å². The highest BCUT2D eigenvalue weighted by Gasteiger charge is 2.19. The molecule has 0 aliphatic carbocycles. The van der Waals surface area contributed by atoms with Crippen LogP contribution in [0.5, 0.6) is 0 Å². The second-order valence-corrected chi connectivity index (χ2v) is 8.69. The molecule has 0 unspecified atom stereocenters. The van der Waals surface area contributed by atoms with Gasteiger partial charge in [-0.1, -0.05) is 36.4 Å². The molecule has 0 fully saturated rings. The number of hydrogen-bond donors (Lipinski definition) is 3. The molecule has 160 valence electrons. The van der Waals surface area contributed by atoms with Crippen LogP contribution in [0.25, 0.3) is 0 Å². The highest BCUT2D eigenvalue weighted by molar-refractivity contribution is 7.92. The van der Waals surface area contributed by atoms with Crippen molar-refractivity contribution in [3.63, 3.8) is 0 Å². The number of carbonyl (C=O) groups excluding carboxylic acids is 1. The van der Waals surface area contributed by atoms with Crippen molar-refractivity contribution < 1.29 is 23.1 Å². The number of sulfonamides is 1. The Morgan fingerprint density at radius 3 is 2.32 bits per heavy atom. The van der Waals surface area contributed by atoms with E-state index in [1.807, 2.05) is 25.1 Å². The number of aryl methyl sites for hydroxylation is 2. The molecular weight excluding hydrogens is 416 g/mol. The van der Waals surface area contributed by atoms with Gasteiger partial charge in [-0.2, -0.15) is 0 Å². The van der Waals surface area contributed by atoms with Gasteiger partial charge in [0.1, 0.15) is 0 Å². The number of nitrogens with one attached hydrogen (secondary N) is 2. The second kappa shape index (κ2) is 9.44. The monoisotopic (exact) mass is 438 g/mol. The molecule has 0 bridgehead atoms. The van der Waals surface area contributed by atoms with E-state index in [0.717, 1.165) is 11.1 Å². The third-order valence-corrected chi connectivity index (χ3v) is 5.93. The van der Waals surface area contributed by atoms with Gasteiger partial charge in [-0.3, -0.25) is 14.3 Å². The van der Waals surface area contributed by atoms with Gasteiger partial charge in [0, 0.05) is 12.1 Å². The van der Waals surface area contributed by atoms with Crippen molar-refractivity contribution in [2.75, 3.05) is 10.0 Å². The van der Waals surface area contributed by atoms with Crippen LogP contribution in [-0.2, 0) is 21.2 Å². The van der Waals surface area contributed by atoms with Gasteiger partial charge in [0.25, 0.3) is 15.9 Å². The minimum Gasteiger partial charge on any atom is -0.481 e. The molecule has 8 heteroatoms. The summed E-state index contributed by atoms with van der Waals surface area (Å²) in [7, 11) is -3.94. The summed E-state index contributed by atoms with van der Waals surface area (Å²) in [6.45, 7) is 1.91. The van der Waals surface area contributed by atoms with E-state index in [-0.39, 0.29) is 22.6 Å². The van der Waals surface area contributed by atoms with Crippen molar-refractivity contribution in [1.29, 1.82) is 0 Å². The number of rotatable bonds is 8. The Morgan fingerprint density at radius 1 is 0.935 bits per heavy atom. The molecule has 31 heavy (non-hydrogen) atoms. The average Bonchev–Trinajstić information content (AvgIpc) is 2.72. The quantitative estimate of drug-likeness (QED) is 0.491. The summed E-state index contributed by atoms with van der Waals surface area (Å²) < 4.78 is 28.1. The third-order valence-electron chi connectivity index (χ3n) is 4.55. The van der Waals surface area contributed by atoms with Crippen LogP contribution in [-0.4, -0.2) is 25.4 Å². The Hall–Kier alpha value is -3.65. The van der Waals surface area contributed by atoms with Crippen LogP contribution in [0.2, 0.25) is 0 Å². The van der Waals surface area contributed by atoms with Gasteiger partial charge >= 0.3 is 5.97 Å². The van der Waals surface area contributed by atoms with E-state index in [1.54, 1.807) is 30.3 Å². The zero-order valence-corrected chi connectivity index (χ0v) is 17.6. The number of anilines is 2. The molecule has 3 rings (SSSR count). The lowest BCUT2D eigenvalue weighted by Crippen LogP contribution is -2.18. The molecule has 3 aromatic rings. The normalized spacial score (nSPS) is 11.0. The van der Waals surface area contributed by atoms with Crippen molar-refractivity contribution in [2.45, 2.75) is 24.7 Å². The van der Waals surface area contributed by atoms with Crippen LogP contribution in [0.4, 0.5) is 11.4 Å². The highest BCUT2D eigenvalue weighted by Crippen LogP contribution is 2.22. The van der Waals surface area contributed by atoms with Gasteiger partial charge in [0.15, 0.2) is 0 Å². The van der Waals surface area contributed by atoms with Gasteiger partial charge < -0.3 is 10.4 Å². The van der Waals surface area contributed by atoms with Crippen molar-refractivity contribution in [2.24, 2.45) is 0 Å². The largest absolute Gasteiger partial charge is 0.481 e. The van der Waals surface area contributed by atoms with E-state index < -0.39 is 21.9 Å². The number of amides is 1. The number of benzene rings is 3. The van der Waals surface area contributed by atoms with Crippen molar-refractivity contribution in [3.8, 4) is 0 Å². The molecule has 0 aromatic heterocycles. The molecule has 3 aromatic carbocycles. The van der Waals surface area contributed by atoms with Crippen molar-refractivity contribution in [3.05, 3.63) is 89.5 Å². The molecule has 0 aliphatic rings. The fourth-order valence-corrected chi connectivity index (χ4v) is 4.06. The van der Waals surface area contributed by atoms with Gasteiger partial charge in [-0.05, 0) is 60.9 Å². The molecule has 0 atom stereocenters. The first-order valence-corrected chi connectivity index (χ1v) is 11.0. The first-order chi connectivity index (χ1) is 14.7. The average molecular weight is 439 g/mol. The minimum atomic E-state index is -3.94. The van der Waals surface area contributed by atoms with Gasteiger partial charge in [-0.25, -0.2) is 8.42 Å². The molecule has 0 saturated carbocycles. The Bertz CT molecular complexity index is 1200. The number of para-hydroxylation sites is 1. The first kappa shape index (κ1) is 22.0. The molecule has 0 radical (unpaired) electrons. The maximum Gasteiger partial charge on any atom is 0.303 e. The van der Waals surface area contributed by atoms with Gasteiger partial charge in [-0.15, -0.1) is 0 Å². The summed E-state index contributed by atoms with van der Waals surface area (Å²) in [5.74, 6) is -1.35. The van der Waals surface area contributed by atoms with E-state index in [2.05, 4.69) is 10.0 Å². The SMILES string of the molecule is Cc1cccc(NC(=O)c2ccccc2NS(=O)(=O)c2ccc(CCC(=O)O)cc2)c1. The summed E-state index contributed by atoms with van der Waals surface area (Å²) in [6.07, 6.45) is 0.277. The molecule has 0 heterocycles. The van der Waals surface area contributed by atoms with E-state index in [1.165, 1.54) is 24.3 Å². The lowest BCUT2D eigenvalue weighted by atomic mass is 10.1. The van der Waals surface area contributed by atoms with Crippen molar-refractivity contribution in [1.82, 2.24) is 0 Å².